The van der Waals surface area contributed by atoms with Crippen molar-refractivity contribution in [3.63, 3.8) is 0 Å². The van der Waals surface area contributed by atoms with Crippen LogP contribution in [0.4, 0.5) is 0 Å². The maximum Gasteiger partial charge on any atom is 0.334 e. The molecule has 2 fully saturated rings. The van der Waals surface area contributed by atoms with Crippen molar-refractivity contribution in [1.29, 1.82) is 0 Å². The van der Waals surface area contributed by atoms with Gasteiger partial charge < -0.3 is 9.47 Å². The van der Waals surface area contributed by atoms with Crippen LogP contribution in [-0.4, -0.2) is 23.8 Å². The molecule has 1 aliphatic carbocycles. The molecule has 2 heterocycles. The van der Waals surface area contributed by atoms with Gasteiger partial charge in [0.25, 0.3) is 0 Å². The molecule has 0 aromatic carbocycles. The van der Waals surface area contributed by atoms with Crippen LogP contribution in [0.5, 0.6) is 0 Å². The SMILES string of the molecule is C=C1C(=O)O[C@@H]2C3OC3(C)CCC=C(C)CC[C@@H]12. The molecule has 0 amide bonds. The Labute approximate surface area is 108 Å². The summed E-state index contributed by atoms with van der Waals surface area (Å²) in [4.78, 5) is 11.7. The van der Waals surface area contributed by atoms with E-state index in [1.54, 1.807) is 0 Å². The molecule has 18 heavy (non-hydrogen) atoms. The Kier molecular flexibility index (Phi) is 2.63. The lowest BCUT2D eigenvalue weighted by Crippen LogP contribution is -2.28. The molecule has 3 heteroatoms. The van der Waals surface area contributed by atoms with E-state index in [-0.39, 0.29) is 29.7 Å². The summed E-state index contributed by atoms with van der Waals surface area (Å²) in [5, 5.41) is 0. The van der Waals surface area contributed by atoms with Crippen LogP contribution in [0.1, 0.15) is 39.5 Å². The van der Waals surface area contributed by atoms with Crippen molar-refractivity contribution in [2.24, 2.45) is 5.92 Å². The third kappa shape index (κ3) is 1.81. The summed E-state index contributed by atoms with van der Waals surface area (Å²) in [6, 6.07) is 0. The zero-order valence-corrected chi connectivity index (χ0v) is 11.1. The first-order valence-corrected chi connectivity index (χ1v) is 6.74. The molecule has 2 aliphatic heterocycles. The van der Waals surface area contributed by atoms with Gasteiger partial charge in [-0.25, -0.2) is 4.79 Å². The third-order valence-electron chi connectivity index (χ3n) is 4.57. The van der Waals surface area contributed by atoms with E-state index in [9.17, 15) is 4.79 Å². The summed E-state index contributed by atoms with van der Waals surface area (Å²) in [6.07, 6.45) is 6.25. The van der Waals surface area contributed by atoms with E-state index in [0.29, 0.717) is 5.57 Å². The van der Waals surface area contributed by atoms with Gasteiger partial charge in [0.2, 0.25) is 0 Å². The lowest BCUT2D eigenvalue weighted by Gasteiger charge is -2.19. The maximum absolute atomic E-state index is 11.7. The molecule has 98 valence electrons. The molecule has 2 saturated heterocycles. The number of rotatable bonds is 0. The number of esters is 1. The van der Waals surface area contributed by atoms with E-state index in [1.165, 1.54) is 5.57 Å². The highest BCUT2D eigenvalue weighted by Gasteiger charge is 2.61. The Morgan fingerprint density at radius 1 is 1.50 bits per heavy atom. The fourth-order valence-electron chi connectivity index (χ4n) is 3.20. The number of epoxide rings is 1. The van der Waals surface area contributed by atoms with Crippen LogP contribution in [0.15, 0.2) is 23.8 Å². The van der Waals surface area contributed by atoms with Crippen molar-refractivity contribution in [1.82, 2.24) is 0 Å². The average Bonchev–Trinajstić information content (AvgIpc) is 2.90. The Balaban J connectivity index is 1.87. The van der Waals surface area contributed by atoms with Gasteiger partial charge in [-0.3, -0.25) is 0 Å². The zero-order chi connectivity index (χ0) is 12.9. The van der Waals surface area contributed by atoms with Gasteiger partial charge in [0.1, 0.15) is 12.2 Å². The summed E-state index contributed by atoms with van der Waals surface area (Å²) in [7, 11) is 0. The van der Waals surface area contributed by atoms with Crippen LogP contribution in [0.2, 0.25) is 0 Å². The minimum atomic E-state index is -0.233. The van der Waals surface area contributed by atoms with E-state index >= 15 is 0 Å². The molecule has 0 aromatic heterocycles. The monoisotopic (exact) mass is 248 g/mol. The lowest BCUT2D eigenvalue weighted by molar-refractivity contribution is -0.140. The quantitative estimate of drug-likeness (QED) is 0.286. The van der Waals surface area contributed by atoms with Gasteiger partial charge in [-0.05, 0) is 39.5 Å². The standard InChI is InChI=1S/C15H20O3/c1-9-5-4-8-15(3)13(18-15)12-11(7-6-9)10(2)14(16)17-12/h5,11-13H,2,4,6-8H2,1,3H3/t11-,12-,13?,15?/m0/s1. The van der Waals surface area contributed by atoms with Gasteiger partial charge in [0, 0.05) is 11.5 Å². The molecule has 0 saturated carbocycles. The van der Waals surface area contributed by atoms with E-state index in [0.717, 1.165) is 25.7 Å². The van der Waals surface area contributed by atoms with Gasteiger partial charge >= 0.3 is 5.97 Å². The zero-order valence-electron chi connectivity index (χ0n) is 11.1. The van der Waals surface area contributed by atoms with E-state index in [1.807, 2.05) is 0 Å². The summed E-state index contributed by atoms with van der Waals surface area (Å²) in [6.45, 7) is 8.17. The fraction of sp³-hybridized carbons (Fsp3) is 0.667. The first kappa shape index (κ1) is 12.0. The molecule has 0 bridgehead atoms. The third-order valence-corrected chi connectivity index (χ3v) is 4.57. The Bertz CT molecular complexity index is 437. The van der Waals surface area contributed by atoms with Crippen LogP contribution >= 0.6 is 0 Å². The van der Waals surface area contributed by atoms with Gasteiger partial charge in [-0.15, -0.1) is 0 Å². The maximum atomic E-state index is 11.7. The summed E-state index contributed by atoms with van der Waals surface area (Å²) in [5.41, 5.74) is 1.91. The lowest BCUT2D eigenvalue weighted by atomic mass is 9.84. The van der Waals surface area contributed by atoms with E-state index < -0.39 is 0 Å². The molecule has 2 unspecified atom stereocenters. The smallest absolute Gasteiger partial charge is 0.334 e. The van der Waals surface area contributed by atoms with Crippen LogP contribution in [0.25, 0.3) is 0 Å². The number of fused-ring (bicyclic) bond motifs is 3. The molecule has 3 nitrogen and oxygen atoms in total. The molecule has 0 aromatic rings. The first-order chi connectivity index (χ1) is 8.51. The van der Waals surface area contributed by atoms with Crippen molar-refractivity contribution in [3.05, 3.63) is 23.8 Å². The van der Waals surface area contributed by atoms with Crippen molar-refractivity contribution >= 4 is 5.97 Å². The molecule has 3 aliphatic rings. The summed E-state index contributed by atoms with van der Waals surface area (Å²) in [5.74, 6) is -0.102. The second-order valence-corrected chi connectivity index (χ2v) is 5.98. The fourth-order valence-corrected chi connectivity index (χ4v) is 3.20. The highest BCUT2D eigenvalue weighted by molar-refractivity contribution is 5.91. The second-order valence-electron chi connectivity index (χ2n) is 5.98. The van der Waals surface area contributed by atoms with Crippen molar-refractivity contribution in [2.75, 3.05) is 0 Å². The number of carbonyl (C=O) groups is 1. The average molecular weight is 248 g/mol. The number of hydrogen-bond acceptors (Lipinski definition) is 3. The highest BCUT2D eigenvalue weighted by Crippen LogP contribution is 2.49. The molecule has 0 N–H and O–H groups in total. The molecule has 0 radical (unpaired) electrons. The second kappa shape index (κ2) is 3.95. The molecule has 4 atom stereocenters. The number of carbonyl (C=O) groups excluding carboxylic acids is 1. The van der Waals surface area contributed by atoms with Gasteiger partial charge in [0.15, 0.2) is 0 Å². The Morgan fingerprint density at radius 3 is 3.06 bits per heavy atom. The molecule has 0 spiro atoms. The van der Waals surface area contributed by atoms with E-state index in [2.05, 4.69) is 26.5 Å². The highest BCUT2D eigenvalue weighted by atomic mass is 16.6. The van der Waals surface area contributed by atoms with Crippen LogP contribution < -0.4 is 0 Å². The number of ether oxygens (including phenoxy) is 2. The topological polar surface area (TPSA) is 38.8 Å². The van der Waals surface area contributed by atoms with Crippen LogP contribution in [0.3, 0.4) is 0 Å². The number of allylic oxidation sites excluding steroid dienone is 2. The van der Waals surface area contributed by atoms with Crippen LogP contribution in [0, 0.1) is 5.92 Å². The normalized spacial score (nSPS) is 43.7. The largest absolute Gasteiger partial charge is 0.455 e. The first-order valence-electron chi connectivity index (χ1n) is 6.74. The number of hydrogen-bond donors (Lipinski definition) is 0. The summed E-state index contributed by atoms with van der Waals surface area (Å²) < 4.78 is 11.3. The predicted molar refractivity (Wildman–Crippen MR) is 68.0 cm³/mol. The minimum absolute atomic E-state index is 0.0671. The minimum Gasteiger partial charge on any atom is -0.455 e. The van der Waals surface area contributed by atoms with Crippen molar-refractivity contribution < 1.29 is 14.3 Å². The van der Waals surface area contributed by atoms with Gasteiger partial charge in [-0.1, -0.05) is 18.2 Å². The van der Waals surface area contributed by atoms with Gasteiger partial charge in [0.05, 0.1) is 5.60 Å². The molecular weight excluding hydrogens is 228 g/mol. The van der Waals surface area contributed by atoms with Crippen molar-refractivity contribution in [2.45, 2.75) is 57.3 Å². The van der Waals surface area contributed by atoms with Gasteiger partial charge in [-0.2, -0.15) is 0 Å². The predicted octanol–water partition coefficient (Wildman–Crippen LogP) is 2.76. The molecular formula is C15H20O3. The summed E-state index contributed by atoms with van der Waals surface area (Å²) >= 11 is 0. The van der Waals surface area contributed by atoms with E-state index in [4.69, 9.17) is 9.47 Å². The van der Waals surface area contributed by atoms with Crippen molar-refractivity contribution in [3.8, 4) is 0 Å². The van der Waals surface area contributed by atoms with Crippen LogP contribution in [-0.2, 0) is 14.3 Å². The molecule has 3 rings (SSSR count). The Hall–Kier alpha value is -1.09. The Morgan fingerprint density at radius 2 is 2.28 bits per heavy atom.